The van der Waals surface area contributed by atoms with Gasteiger partial charge < -0.3 is 14.1 Å². The van der Waals surface area contributed by atoms with E-state index in [-0.39, 0.29) is 30.7 Å². The van der Waals surface area contributed by atoms with Gasteiger partial charge in [-0.2, -0.15) is 0 Å². The summed E-state index contributed by atoms with van der Waals surface area (Å²) in [5.41, 5.74) is 0.522. The number of rotatable bonds is 4. The zero-order chi connectivity index (χ0) is 16.8. The highest BCUT2D eigenvalue weighted by Gasteiger charge is 2.62. The number of hydrogen-bond acceptors (Lipinski definition) is 5. The summed E-state index contributed by atoms with van der Waals surface area (Å²) in [4.78, 5) is 14.2. The van der Waals surface area contributed by atoms with Crippen LogP contribution < -0.4 is 0 Å². The van der Waals surface area contributed by atoms with Crippen LogP contribution in [0.15, 0.2) is 10.5 Å². The first-order valence-electron chi connectivity index (χ1n) is 7.97. The number of carbonyl (C=O) groups is 1. The highest BCUT2D eigenvalue weighted by atomic mass is 32.2. The minimum atomic E-state index is -3.18. The molecule has 0 bridgehead atoms. The van der Waals surface area contributed by atoms with Crippen LogP contribution in [0, 0.1) is 19.8 Å². The van der Waals surface area contributed by atoms with E-state index in [0.29, 0.717) is 36.7 Å². The number of carbonyl (C=O) groups excluding carboxylic acids is 1. The standard InChI is InChI=1S/C16H23NO5S/c1-4-21-8-13-5-6-23(19,20)16(13)9-17(10-16)15(18)14-7-11(2)22-12(14)3/h7,13H,4-6,8-10H2,1-3H3/t13-/m1/s1. The molecule has 0 aromatic carbocycles. The lowest BCUT2D eigenvalue weighted by atomic mass is 9.83. The molecule has 3 heterocycles. The Kier molecular flexibility index (Phi) is 4.04. The van der Waals surface area contributed by atoms with Gasteiger partial charge in [-0.3, -0.25) is 4.79 Å². The molecule has 0 unspecified atom stereocenters. The van der Waals surface area contributed by atoms with Gasteiger partial charge in [0.15, 0.2) is 9.84 Å². The fourth-order valence-corrected chi connectivity index (χ4v) is 6.12. The van der Waals surface area contributed by atoms with E-state index in [0.717, 1.165) is 0 Å². The van der Waals surface area contributed by atoms with Crippen molar-refractivity contribution in [2.24, 2.45) is 5.92 Å². The SMILES string of the molecule is CCOC[C@H]1CCS(=O)(=O)C12CN(C(=O)c1cc(C)oc1C)C2. The molecule has 0 saturated carbocycles. The van der Waals surface area contributed by atoms with E-state index < -0.39 is 14.6 Å². The second-order valence-electron chi connectivity index (χ2n) is 6.52. The molecule has 1 aromatic rings. The molecule has 2 fully saturated rings. The van der Waals surface area contributed by atoms with Crippen LogP contribution in [-0.2, 0) is 14.6 Å². The average Bonchev–Trinajstić information content (AvgIpc) is 2.90. The van der Waals surface area contributed by atoms with E-state index in [9.17, 15) is 13.2 Å². The highest BCUT2D eigenvalue weighted by Crippen LogP contribution is 2.45. The first-order valence-corrected chi connectivity index (χ1v) is 9.62. The zero-order valence-corrected chi connectivity index (χ0v) is 14.6. The van der Waals surface area contributed by atoms with Crippen LogP contribution in [0.25, 0.3) is 0 Å². The molecule has 1 aromatic heterocycles. The van der Waals surface area contributed by atoms with Crippen LogP contribution >= 0.6 is 0 Å². The quantitative estimate of drug-likeness (QED) is 0.831. The third-order valence-corrected chi connectivity index (χ3v) is 7.70. The molecule has 0 radical (unpaired) electrons. The lowest BCUT2D eigenvalue weighted by Gasteiger charge is -2.49. The average molecular weight is 341 g/mol. The molecule has 2 aliphatic rings. The van der Waals surface area contributed by atoms with E-state index >= 15 is 0 Å². The summed E-state index contributed by atoms with van der Waals surface area (Å²) >= 11 is 0. The molecule has 6 nitrogen and oxygen atoms in total. The number of furan rings is 1. The minimum Gasteiger partial charge on any atom is -0.466 e. The molecular formula is C16H23NO5S. The molecule has 128 valence electrons. The summed E-state index contributed by atoms with van der Waals surface area (Å²) < 4.78 is 35.1. The maximum absolute atomic E-state index is 12.6. The minimum absolute atomic E-state index is 0.0244. The summed E-state index contributed by atoms with van der Waals surface area (Å²) in [5.74, 6) is 1.28. The maximum Gasteiger partial charge on any atom is 0.257 e. The van der Waals surface area contributed by atoms with Crippen molar-refractivity contribution in [3.05, 3.63) is 23.2 Å². The van der Waals surface area contributed by atoms with Crippen LogP contribution in [0.3, 0.4) is 0 Å². The molecule has 1 spiro atoms. The molecule has 0 N–H and O–H groups in total. The fraction of sp³-hybridized carbons (Fsp3) is 0.688. The molecule has 1 amide bonds. The summed E-state index contributed by atoms with van der Waals surface area (Å²) in [6, 6.07) is 1.71. The molecule has 3 rings (SSSR count). The Bertz CT molecular complexity index is 715. The fourth-order valence-electron chi connectivity index (χ4n) is 3.72. The predicted octanol–water partition coefficient (Wildman–Crippen LogP) is 1.56. The Balaban J connectivity index is 1.77. The smallest absolute Gasteiger partial charge is 0.257 e. The number of likely N-dealkylation sites (tertiary alicyclic amines) is 1. The van der Waals surface area contributed by atoms with Crippen LogP contribution in [0.2, 0.25) is 0 Å². The van der Waals surface area contributed by atoms with Gasteiger partial charge in [0, 0.05) is 25.6 Å². The van der Waals surface area contributed by atoms with Crippen molar-refractivity contribution in [2.75, 3.05) is 32.1 Å². The Morgan fingerprint density at radius 2 is 2.13 bits per heavy atom. The molecular weight excluding hydrogens is 318 g/mol. The van der Waals surface area contributed by atoms with Crippen LogP contribution in [0.5, 0.6) is 0 Å². The second-order valence-corrected chi connectivity index (χ2v) is 8.97. The first-order chi connectivity index (χ1) is 10.8. The van der Waals surface area contributed by atoms with Gasteiger partial charge in [-0.15, -0.1) is 0 Å². The van der Waals surface area contributed by atoms with Gasteiger partial charge in [-0.1, -0.05) is 0 Å². The van der Waals surface area contributed by atoms with Crippen LogP contribution in [-0.4, -0.2) is 56.0 Å². The second kappa shape index (κ2) is 5.63. The number of aryl methyl sites for hydroxylation is 2. The maximum atomic E-state index is 12.6. The zero-order valence-electron chi connectivity index (χ0n) is 13.8. The lowest BCUT2D eigenvalue weighted by Crippen LogP contribution is -2.68. The summed E-state index contributed by atoms with van der Waals surface area (Å²) in [6.07, 6.45) is 0.619. The van der Waals surface area contributed by atoms with Crippen molar-refractivity contribution in [1.82, 2.24) is 4.90 Å². The third kappa shape index (κ3) is 2.50. The number of amides is 1. The first kappa shape index (κ1) is 16.5. The molecule has 0 aliphatic carbocycles. The largest absolute Gasteiger partial charge is 0.466 e. The molecule has 1 atom stereocenters. The van der Waals surface area contributed by atoms with Crippen molar-refractivity contribution in [1.29, 1.82) is 0 Å². The Labute approximate surface area is 136 Å². The topological polar surface area (TPSA) is 76.8 Å². The molecule has 2 aliphatic heterocycles. The van der Waals surface area contributed by atoms with E-state index in [1.165, 1.54) is 0 Å². The lowest BCUT2D eigenvalue weighted by molar-refractivity contribution is 0.0269. The number of ether oxygens (including phenoxy) is 1. The van der Waals surface area contributed by atoms with Gasteiger partial charge in [-0.25, -0.2) is 8.42 Å². The van der Waals surface area contributed by atoms with Gasteiger partial charge in [0.2, 0.25) is 0 Å². The van der Waals surface area contributed by atoms with E-state index in [4.69, 9.17) is 9.15 Å². The van der Waals surface area contributed by atoms with Gasteiger partial charge in [0.1, 0.15) is 16.3 Å². The van der Waals surface area contributed by atoms with Crippen molar-refractivity contribution >= 4 is 15.7 Å². The Morgan fingerprint density at radius 3 is 2.70 bits per heavy atom. The van der Waals surface area contributed by atoms with Crippen molar-refractivity contribution in [3.63, 3.8) is 0 Å². The third-order valence-electron chi connectivity index (χ3n) is 5.10. The Hall–Kier alpha value is -1.34. The molecule has 2 saturated heterocycles. The summed E-state index contributed by atoms with van der Waals surface area (Å²) in [5, 5.41) is 0. The van der Waals surface area contributed by atoms with Crippen LogP contribution in [0.1, 0.15) is 35.2 Å². The van der Waals surface area contributed by atoms with Gasteiger partial charge in [0.05, 0.1) is 17.9 Å². The Morgan fingerprint density at radius 1 is 1.43 bits per heavy atom. The van der Waals surface area contributed by atoms with Crippen molar-refractivity contribution < 1.29 is 22.4 Å². The van der Waals surface area contributed by atoms with E-state index in [1.807, 2.05) is 6.92 Å². The number of nitrogens with zero attached hydrogens (tertiary/aromatic N) is 1. The van der Waals surface area contributed by atoms with Gasteiger partial charge in [0.25, 0.3) is 5.91 Å². The monoisotopic (exact) mass is 341 g/mol. The molecule has 23 heavy (non-hydrogen) atoms. The summed E-state index contributed by atoms with van der Waals surface area (Å²) in [7, 11) is -3.18. The van der Waals surface area contributed by atoms with Gasteiger partial charge in [-0.05, 0) is 33.3 Å². The highest BCUT2D eigenvalue weighted by molar-refractivity contribution is 7.93. The predicted molar refractivity (Wildman–Crippen MR) is 85.2 cm³/mol. The normalized spacial score (nSPS) is 24.8. The van der Waals surface area contributed by atoms with Crippen molar-refractivity contribution in [2.45, 2.75) is 31.9 Å². The molecule has 7 heteroatoms. The summed E-state index contributed by atoms with van der Waals surface area (Å²) in [6.45, 7) is 6.98. The van der Waals surface area contributed by atoms with Crippen molar-refractivity contribution in [3.8, 4) is 0 Å². The van der Waals surface area contributed by atoms with E-state index in [2.05, 4.69) is 0 Å². The van der Waals surface area contributed by atoms with E-state index in [1.54, 1.807) is 24.8 Å². The van der Waals surface area contributed by atoms with Gasteiger partial charge >= 0.3 is 0 Å². The number of hydrogen-bond donors (Lipinski definition) is 0. The van der Waals surface area contributed by atoms with Crippen LogP contribution in [0.4, 0.5) is 0 Å². The number of sulfone groups is 1.